The Kier molecular flexibility index (Phi) is 3.10. The quantitative estimate of drug-likeness (QED) is 0.870. The van der Waals surface area contributed by atoms with Crippen LogP contribution in [-0.2, 0) is 4.79 Å². The number of amidine groups is 1. The molecular formula is C15H16N4O. The number of fused-ring (bicyclic) bond motifs is 1. The van der Waals surface area contributed by atoms with Crippen molar-refractivity contribution in [3.8, 4) is 0 Å². The van der Waals surface area contributed by atoms with Gasteiger partial charge in [0.2, 0.25) is 0 Å². The maximum Gasteiger partial charge on any atom is 0.277 e. The minimum absolute atomic E-state index is 0.0254. The number of carbonyl (C=O) groups excluding carboxylic acids is 1. The number of nitrogens with zero attached hydrogens (tertiary/aromatic N) is 3. The van der Waals surface area contributed by atoms with Gasteiger partial charge in [-0.2, -0.15) is 0 Å². The normalized spacial score (nSPS) is 17.3. The average Bonchev–Trinajstić information content (AvgIpc) is 2.97. The number of rotatable bonds is 3. The molecule has 0 saturated heterocycles. The first-order valence-corrected chi connectivity index (χ1v) is 6.71. The molecule has 0 atom stereocenters. The van der Waals surface area contributed by atoms with Crippen molar-refractivity contribution in [2.75, 3.05) is 6.54 Å². The molecule has 5 nitrogen and oxygen atoms in total. The lowest BCUT2D eigenvalue weighted by atomic mass is 10.2. The Morgan fingerprint density at radius 1 is 1.45 bits per heavy atom. The SMILES string of the molecule is CCCN1C(=O)C(=Cc2c[nH]c3ncccc23)N=C1C. The van der Waals surface area contributed by atoms with Gasteiger partial charge in [-0.05, 0) is 31.6 Å². The van der Waals surface area contributed by atoms with Crippen molar-refractivity contribution in [2.24, 2.45) is 4.99 Å². The van der Waals surface area contributed by atoms with E-state index in [-0.39, 0.29) is 5.91 Å². The van der Waals surface area contributed by atoms with Gasteiger partial charge < -0.3 is 4.98 Å². The lowest BCUT2D eigenvalue weighted by Crippen LogP contribution is -2.31. The minimum atomic E-state index is -0.0254. The van der Waals surface area contributed by atoms with Crippen molar-refractivity contribution in [1.29, 1.82) is 0 Å². The van der Waals surface area contributed by atoms with E-state index in [4.69, 9.17) is 0 Å². The second-order valence-electron chi connectivity index (χ2n) is 4.79. The van der Waals surface area contributed by atoms with Crippen molar-refractivity contribution in [3.63, 3.8) is 0 Å². The van der Waals surface area contributed by atoms with E-state index in [1.165, 1.54) is 0 Å². The van der Waals surface area contributed by atoms with Crippen LogP contribution in [0.15, 0.2) is 35.2 Å². The number of amides is 1. The highest BCUT2D eigenvalue weighted by Crippen LogP contribution is 2.22. The molecule has 5 heteroatoms. The van der Waals surface area contributed by atoms with Crippen molar-refractivity contribution in [1.82, 2.24) is 14.9 Å². The van der Waals surface area contributed by atoms with Gasteiger partial charge in [0.15, 0.2) is 0 Å². The lowest BCUT2D eigenvalue weighted by Gasteiger charge is -2.13. The zero-order chi connectivity index (χ0) is 14.1. The van der Waals surface area contributed by atoms with E-state index in [1.807, 2.05) is 38.3 Å². The van der Waals surface area contributed by atoms with E-state index >= 15 is 0 Å². The molecule has 102 valence electrons. The number of H-pyrrole nitrogens is 1. The molecule has 2 aromatic heterocycles. The molecule has 2 aromatic rings. The first-order chi connectivity index (χ1) is 9.70. The highest BCUT2D eigenvalue weighted by Gasteiger charge is 2.26. The number of hydrogen-bond donors (Lipinski definition) is 1. The maximum absolute atomic E-state index is 12.3. The molecular weight excluding hydrogens is 252 g/mol. The second-order valence-corrected chi connectivity index (χ2v) is 4.79. The number of aromatic amines is 1. The van der Waals surface area contributed by atoms with E-state index in [0.29, 0.717) is 12.2 Å². The van der Waals surface area contributed by atoms with Crippen LogP contribution in [0.3, 0.4) is 0 Å². The Hall–Kier alpha value is -2.43. The Morgan fingerprint density at radius 2 is 2.30 bits per heavy atom. The van der Waals surface area contributed by atoms with Gasteiger partial charge in [-0.25, -0.2) is 9.98 Å². The molecule has 0 spiro atoms. The van der Waals surface area contributed by atoms with Crippen molar-refractivity contribution >= 4 is 28.9 Å². The average molecular weight is 268 g/mol. The Bertz CT molecular complexity index is 726. The summed E-state index contributed by atoms with van der Waals surface area (Å²) in [5, 5.41) is 0.995. The third-order valence-corrected chi connectivity index (χ3v) is 3.36. The third kappa shape index (κ3) is 2.01. The monoisotopic (exact) mass is 268 g/mol. The second kappa shape index (κ2) is 4.92. The fourth-order valence-electron chi connectivity index (χ4n) is 2.39. The van der Waals surface area contributed by atoms with Gasteiger partial charge in [-0.3, -0.25) is 9.69 Å². The fourth-order valence-corrected chi connectivity index (χ4v) is 2.39. The highest BCUT2D eigenvalue weighted by atomic mass is 16.2. The molecule has 0 unspecified atom stereocenters. The zero-order valence-electron chi connectivity index (χ0n) is 11.6. The van der Waals surface area contributed by atoms with E-state index < -0.39 is 0 Å². The number of carbonyl (C=O) groups is 1. The van der Waals surface area contributed by atoms with Crippen LogP contribution in [0.2, 0.25) is 0 Å². The molecule has 1 aliphatic rings. The molecule has 3 rings (SSSR count). The summed E-state index contributed by atoms with van der Waals surface area (Å²) in [6.45, 7) is 4.62. The summed E-state index contributed by atoms with van der Waals surface area (Å²) < 4.78 is 0. The van der Waals surface area contributed by atoms with Crippen LogP contribution >= 0.6 is 0 Å². The third-order valence-electron chi connectivity index (χ3n) is 3.36. The van der Waals surface area contributed by atoms with Crippen molar-refractivity contribution in [3.05, 3.63) is 35.8 Å². The first-order valence-electron chi connectivity index (χ1n) is 6.71. The predicted octanol–water partition coefficient (Wildman–Crippen LogP) is 2.57. The van der Waals surface area contributed by atoms with Gasteiger partial charge >= 0.3 is 0 Å². The van der Waals surface area contributed by atoms with Crippen LogP contribution in [0, 0.1) is 0 Å². The van der Waals surface area contributed by atoms with Crippen LogP contribution in [0.4, 0.5) is 0 Å². The van der Waals surface area contributed by atoms with Gasteiger partial charge in [-0.1, -0.05) is 6.92 Å². The topological polar surface area (TPSA) is 61.4 Å². The molecule has 1 N–H and O–H groups in total. The molecule has 0 radical (unpaired) electrons. The van der Waals surface area contributed by atoms with E-state index in [2.05, 4.69) is 15.0 Å². The van der Waals surface area contributed by atoms with Gasteiger partial charge in [0.1, 0.15) is 17.2 Å². The van der Waals surface area contributed by atoms with Crippen molar-refractivity contribution < 1.29 is 4.79 Å². The number of hydrogen-bond acceptors (Lipinski definition) is 3. The molecule has 3 heterocycles. The Balaban J connectivity index is 1.99. The summed E-state index contributed by atoms with van der Waals surface area (Å²) in [6.07, 6.45) is 6.33. The van der Waals surface area contributed by atoms with Crippen molar-refractivity contribution in [2.45, 2.75) is 20.3 Å². The molecule has 1 amide bonds. The zero-order valence-corrected chi connectivity index (χ0v) is 11.6. The lowest BCUT2D eigenvalue weighted by molar-refractivity contribution is -0.122. The molecule has 0 aromatic carbocycles. The van der Waals surface area contributed by atoms with E-state index in [0.717, 1.165) is 28.9 Å². The highest BCUT2D eigenvalue weighted by molar-refractivity contribution is 6.14. The van der Waals surface area contributed by atoms with Gasteiger partial charge in [-0.15, -0.1) is 0 Å². The van der Waals surface area contributed by atoms with E-state index in [1.54, 1.807) is 11.1 Å². The summed E-state index contributed by atoms with van der Waals surface area (Å²) in [5.41, 5.74) is 2.24. The Morgan fingerprint density at radius 3 is 3.10 bits per heavy atom. The number of nitrogens with one attached hydrogen (secondary N) is 1. The largest absolute Gasteiger partial charge is 0.346 e. The standard InChI is InChI=1S/C15H16N4O/c1-3-7-19-10(2)18-13(15(19)20)8-11-9-17-14-12(11)5-4-6-16-14/h4-6,8-9H,3,7H2,1-2H3,(H,16,17). The molecule has 0 aliphatic carbocycles. The number of aliphatic imine (C=N–C) groups is 1. The number of aromatic nitrogens is 2. The minimum Gasteiger partial charge on any atom is -0.346 e. The summed E-state index contributed by atoms with van der Waals surface area (Å²) in [7, 11) is 0. The molecule has 1 aliphatic heterocycles. The van der Waals surface area contributed by atoms with Gasteiger partial charge in [0.05, 0.1) is 0 Å². The molecule has 0 fully saturated rings. The van der Waals surface area contributed by atoms with Crippen LogP contribution < -0.4 is 0 Å². The Labute approximate surface area is 117 Å². The summed E-state index contributed by atoms with van der Waals surface area (Å²) in [6, 6.07) is 3.86. The molecule has 0 saturated carbocycles. The molecule has 20 heavy (non-hydrogen) atoms. The molecule has 0 bridgehead atoms. The number of pyridine rings is 1. The summed E-state index contributed by atoms with van der Waals surface area (Å²) in [5.74, 6) is 0.739. The first kappa shape index (κ1) is 12.6. The van der Waals surface area contributed by atoms with Gasteiger partial charge in [0.25, 0.3) is 5.91 Å². The van der Waals surface area contributed by atoms with Gasteiger partial charge in [0, 0.05) is 29.9 Å². The maximum atomic E-state index is 12.3. The van der Waals surface area contributed by atoms with Crippen LogP contribution in [0.1, 0.15) is 25.8 Å². The predicted molar refractivity (Wildman–Crippen MR) is 79.2 cm³/mol. The van der Waals surface area contributed by atoms with Crippen LogP contribution in [0.5, 0.6) is 0 Å². The van der Waals surface area contributed by atoms with Crippen LogP contribution in [0.25, 0.3) is 17.1 Å². The summed E-state index contributed by atoms with van der Waals surface area (Å²) >= 11 is 0. The smallest absolute Gasteiger partial charge is 0.277 e. The fraction of sp³-hybridized carbons (Fsp3) is 0.267. The summed E-state index contributed by atoms with van der Waals surface area (Å²) in [4.78, 5) is 25.7. The van der Waals surface area contributed by atoms with E-state index in [9.17, 15) is 4.79 Å². The van der Waals surface area contributed by atoms with Crippen LogP contribution in [-0.4, -0.2) is 33.2 Å².